The molecular formula is C17H13F3N2O2. The van der Waals surface area contributed by atoms with E-state index in [0.29, 0.717) is 17.8 Å². The van der Waals surface area contributed by atoms with Gasteiger partial charge in [0, 0.05) is 5.56 Å². The highest BCUT2D eigenvalue weighted by Crippen LogP contribution is 2.28. The van der Waals surface area contributed by atoms with Crippen LogP contribution in [0.5, 0.6) is 0 Å². The smallest absolute Gasteiger partial charge is 0.274 e. The van der Waals surface area contributed by atoms with Crippen molar-refractivity contribution in [2.75, 3.05) is 5.01 Å². The van der Waals surface area contributed by atoms with E-state index in [-0.39, 0.29) is 11.1 Å². The number of aliphatic hydroxyl groups excluding tert-OH is 1. The first-order valence-corrected chi connectivity index (χ1v) is 7.14. The van der Waals surface area contributed by atoms with Crippen LogP contribution in [0.3, 0.4) is 0 Å². The van der Waals surface area contributed by atoms with Crippen molar-refractivity contribution in [3.63, 3.8) is 0 Å². The second-order valence-electron chi connectivity index (χ2n) is 5.34. The fourth-order valence-corrected chi connectivity index (χ4v) is 2.55. The van der Waals surface area contributed by atoms with Gasteiger partial charge in [-0.05, 0) is 31.2 Å². The number of amides is 1. The number of carbonyl (C=O) groups is 1. The Hall–Kier alpha value is -2.80. The Kier molecular flexibility index (Phi) is 4.02. The molecule has 0 saturated carbocycles. The molecule has 1 saturated heterocycles. The molecular weight excluding hydrogens is 321 g/mol. The van der Waals surface area contributed by atoms with Crippen molar-refractivity contribution < 1.29 is 23.1 Å². The van der Waals surface area contributed by atoms with Gasteiger partial charge in [-0.3, -0.25) is 4.79 Å². The molecule has 4 nitrogen and oxygen atoms in total. The van der Waals surface area contributed by atoms with Crippen LogP contribution in [0.1, 0.15) is 12.5 Å². The Morgan fingerprint density at radius 3 is 2.29 bits per heavy atom. The highest BCUT2D eigenvalue weighted by molar-refractivity contribution is 6.12. The molecule has 2 aromatic carbocycles. The second kappa shape index (κ2) is 6.01. The summed E-state index contributed by atoms with van der Waals surface area (Å²) in [5, 5.41) is 11.5. The van der Waals surface area contributed by atoms with Crippen LogP contribution >= 0.6 is 0 Å². The number of para-hydroxylation sites is 1. The first kappa shape index (κ1) is 16.1. The highest BCUT2D eigenvalue weighted by atomic mass is 19.2. The molecule has 2 N–H and O–H groups in total. The molecule has 1 heterocycles. The van der Waals surface area contributed by atoms with Gasteiger partial charge in [-0.2, -0.15) is 0 Å². The maximum Gasteiger partial charge on any atom is 0.274 e. The number of aliphatic hydroxyl groups is 1. The number of anilines is 1. The Balaban J connectivity index is 2.04. The SMILES string of the molecule is CC1NN(c2ccccc2)C(=O)C1=C(O)c1cc(F)c(F)c(F)c1. The van der Waals surface area contributed by atoms with E-state index in [4.69, 9.17) is 0 Å². The van der Waals surface area contributed by atoms with Gasteiger partial charge in [0.25, 0.3) is 5.91 Å². The number of rotatable bonds is 2. The summed E-state index contributed by atoms with van der Waals surface area (Å²) in [7, 11) is 0. The van der Waals surface area contributed by atoms with Crippen LogP contribution in [-0.2, 0) is 4.79 Å². The third kappa shape index (κ3) is 2.63. The van der Waals surface area contributed by atoms with E-state index in [2.05, 4.69) is 5.43 Å². The third-order valence-corrected chi connectivity index (χ3v) is 3.72. The largest absolute Gasteiger partial charge is 0.507 e. The Morgan fingerprint density at radius 1 is 1.12 bits per heavy atom. The van der Waals surface area contributed by atoms with Crippen molar-refractivity contribution in [3.05, 3.63) is 71.1 Å². The van der Waals surface area contributed by atoms with Gasteiger partial charge in [0.1, 0.15) is 5.76 Å². The fourth-order valence-electron chi connectivity index (χ4n) is 2.55. The molecule has 1 amide bonds. The van der Waals surface area contributed by atoms with Crippen LogP contribution in [0.15, 0.2) is 48.0 Å². The zero-order valence-electron chi connectivity index (χ0n) is 12.6. The van der Waals surface area contributed by atoms with Gasteiger partial charge in [-0.15, -0.1) is 0 Å². The van der Waals surface area contributed by atoms with Gasteiger partial charge >= 0.3 is 0 Å². The lowest BCUT2D eigenvalue weighted by Crippen LogP contribution is -2.36. The predicted octanol–water partition coefficient (Wildman–Crippen LogP) is 3.31. The highest BCUT2D eigenvalue weighted by Gasteiger charge is 2.36. The first-order valence-electron chi connectivity index (χ1n) is 7.14. The van der Waals surface area contributed by atoms with Crippen molar-refractivity contribution in [2.24, 2.45) is 0 Å². The summed E-state index contributed by atoms with van der Waals surface area (Å²) in [6.07, 6.45) is 0. The average Bonchev–Trinajstić information content (AvgIpc) is 2.87. The number of nitrogens with zero attached hydrogens (tertiary/aromatic N) is 1. The predicted molar refractivity (Wildman–Crippen MR) is 82.4 cm³/mol. The van der Waals surface area contributed by atoms with Crippen molar-refractivity contribution >= 4 is 17.4 Å². The average molecular weight is 334 g/mol. The zero-order valence-corrected chi connectivity index (χ0v) is 12.6. The lowest BCUT2D eigenvalue weighted by Gasteiger charge is -2.15. The summed E-state index contributed by atoms with van der Waals surface area (Å²) in [5.74, 6) is -5.68. The van der Waals surface area contributed by atoms with E-state index in [1.165, 1.54) is 5.01 Å². The lowest BCUT2D eigenvalue weighted by atomic mass is 10.0. The molecule has 1 aliphatic heterocycles. The molecule has 24 heavy (non-hydrogen) atoms. The summed E-state index contributed by atoms with van der Waals surface area (Å²) >= 11 is 0. The van der Waals surface area contributed by atoms with Crippen LogP contribution < -0.4 is 10.4 Å². The molecule has 0 aromatic heterocycles. The van der Waals surface area contributed by atoms with Crippen LogP contribution in [-0.4, -0.2) is 17.1 Å². The maximum atomic E-state index is 13.4. The quantitative estimate of drug-likeness (QED) is 0.503. The van der Waals surface area contributed by atoms with Crippen LogP contribution in [0.25, 0.3) is 5.76 Å². The summed E-state index contributed by atoms with van der Waals surface area (Å²) in [6, 6.07) is 9.32. The molecule has 3 rings (SSSR count). The van der Waals surface area contributed by atoms with Gasteiger partial charge in [-0.1, -0.05) is 18.2 Å². The molecule has 7 heteroatoms. The molecule has 0 bridgehead atoms. The summed E-state index contributed by atoms with van der Waals surface area (Å²) in [6.45, 7) is 1.61. The van der Waals surface area contributed by atoms with Crippen LogP contribution in [0, 0.1) is 17.5 Å². The molecule has 1 unspecified atom stereocenters. The molecule has 2 aromatic rings. The van der Waals surface area contributed by atoms with Crippen molar-refractivity contribution in [2.45, 2.75) is 13.0 Å². The maximum absolute atomic E-state index is 13.4. The summed E-state index contributed by atoms with van der Waals surface area (Å²) in [4.78, 5) is 12.6. The van der Waals surface area contributed by atoms with E-state index >= 15 is 0 Å². The number of carbonyl (C=O) groups excluding carboxylic acids is 1. The second-order valence-corrected chi connectivity index (χ2v) is 5.34. The molecule has 1 fully saturated rings. The van der Waals surface area contributed by atoms with E-state index in [1.54, 1.807) is 37.3 Å². The minimum Gasteiger partial charge on any atom is -0.507 e. The zero-order chi connectivity index (χ0) is 17.4. The van der Waals surface area contributed by atoms with E-state index in [9.17, 15) is 23.1 Å². The van der Waals surface area contributed by atoms with Gasteiger partial charge in [0.2, 0.25) is 0 Å². The number of hydrogen-bond acceptors (Lipinski definition) is 3. The van der Waals surface area contributed by atoms with Gasteiger partial charge < -0.3 is 5.11 Å². The number of halogens is 3. The van der Waals surface area contributed by atoms with Gasteiger partial charge in [-0.25, -0.2) is 23.6 Å². The van der Waals surface area contributed by atoms with Crippen molar-refractivity contribution in [1.82, 2.24) is 5.43 Å². The summed E-state index contributed by atoms with van der Waals surface area (Å²) in [5.41, 5.74) is 3.04. The summed E-state index contributed by atoms with van der Waals surface area (Å²) < 4.78 is 39.8. The molecule has 124 valence electrons. The minimum atomic E-state index is -1.63. The van der Waals surface area contributed by atoms with Gasteiger partial charge in [0.05, 0.1) is 17.3 Å². The normalized spacial score (nSPS) is 19.8. The standard InChI is InChI=1S/C17H13F3N2O2/c1-9-14(16(23)10-7-12(18)15(20)13(19)8-10)17(24)22(21-9)11-5-3-2-4-6-11/h2-9,21,23H,1H3. The Labute approximate surface area is 135 Å². The number of benzene rings is 2. The molecule has 1 aliphatic rings. The molecule has 0 aliphatic carbocycles. The number of hydrazine groups is 1. The number of nitrogens with one attached hydrogen (secondary N) is 1. The van der Waals surface area contributed by atoms with E-state index < -0.39 is 35.2 Å². The lowest BCUT2D eigenvalue weighted by molar-refractivity contribution is -0.114. The molecule has 0 radical (unpaired) electrons. The van der Waals surface area contributed by atoms with Crippen LogP contribution in [0.4, 0.5) is 18.9 Å². The fraction of sp³-hybridized carbons (Fsp3) is 0.118. The van der Waals surface area contributed by atoms with Crippen molar-refractivity contribution in [3.8, 4) is 0 Å². The van der Waals surface area contributed by atoms with E-state index in [0.717, 1.165) is 0 Å². The molecule has 0 spiro atoms. The number of hydrogen-bond donors (Lipinski definition) is 2. The van der Waals surface area contributed by atoms with E-state index in [1.807, 2.05) is 0 Å². The topological polar surface area (TPSA) is 52.6 Å². The monoisotopic (exact) mass is 334 g/mol. The van der Waals surface area contributed by atoms with Crippen molar-refractivity contribution in [1.29, 1.82) is 0 Å². The van der Waals surface area contributed by atoms with Crippen LogP contribution in [0.2, 0.25) is 0 Å². The van der Waals surface area contributed by atoms with Gasteiger partial charge in [0.15, 0.2) is 17.5 Å². The third-order valence-electron chi connectivity index (χ3n) is 3.72. The minimum absolute atomic E-state index is 0.0655. The first-order chi connectivity index (χ1) is 11.4. The Morgan fingerprint density at radius 2 is 1.71 bits per heavy atom. The Bertz CT molecular complexity index is 814. The molecule has 1 atom stereocenters.